The Morgan fingerprint density at radius 2 is 1.82 bits per heavy atom. The average molecular weight is 329 g/mol. The molecule has 0 aliphatic carbocycles. The molecule has 0 aromatic heterocycles. The van der Waals surface area contributed by atoms with E-state index in [4.69, 9.17) is 15.2 Å². The molecule has 0 radical (unpaired) electrons. The Morgan fingerprint density at radius 3 is 2.45 bits per heavy atom. The molecule has 0 spiro atoms. The van der Waals surface area contributed by atoms with Gasteiger partial charge in [-0.15, -0.1) is 11.8 Å². The number of halogens is 3. The van der Waals surface area contributed by atoms with Gasteiger partial charge in [0.1, 0.15) is 23.9 Å². The van der Waals surface area contributed by atoms with Crippen molar-refractivity contribution in [1.82, 2.24) is 0 Å². The molecule has 0 heterocycles. The predicted molar refractivity (Wildman–Crippen MR) is 79.8 cm³/mol. The van der Waals surface area contributed by atoms with Crippen LogP contribution in [0.5, 0.6) is 11.5 Å². The molecule has 2 rings (SSSR count). The molecule has 0 unspecified atom stereocenters. The van der Waals surface area contributed by atoms with Crippen LogP contribution in [0.15, 0.2) is 29.2 Å². The summed E-state index contributed by atoms with van der Waals surface area (Å²) in [7, 11) is 1.35. The van der Waals surface area contributed by atoms with E-state index in [0.717, 1.165) is 6.07 Å². The minimum Gasteiger partial charge on any atom is -0.496 e. The van der Waals surface area contributed by atoms with Gasteiger partial charge in [0.05, 0.1) is 23.3 Å². The Hall–Kier alpha value is -2.02. The first-order chi connectivity index (χ1) is 10.5. The first-order valence-corrected chi connectivity index (χ1v) is 7.47. The zero-order chi connectivity index (χ0) is 16.3. The summed E-state index contributed by atoms with van der Waals surface area (Å²) in [5.41, 5.74) is 5.36. The van der Waals surface area contributed by atoms with Crippen molar-refractivity contribution in [2.24, 2.45) is 0 Å². The fraction of sp³-hybridized carbons (Fsp3) is 0.200. The molecule has 0 fully saturated rings. The van der Waals surface area contributed by atoms with Gasteiger partial charge in [0, 0.05) is 6.07 Å². The number of hydrogen-bond acceptors (Lipinski definition) is 4. The van der Waals surface area contributed by atoms with Crippen LogP contribution in [0.1, 0.15) is 5.56 Å². The molecule has 3 nitrogen and oxygen atoms in total. The fourth-order valence-corrected chi connectivity index (χ4v) is 2.41. The van der Waals surface area contributed by atoms with E-state index < -0.39 is 17.5 Å². The van der Waals surface area contributed by atoms with Gasteiger partial charge in [-0.3, -0.25) is 0 Å². The van der Waals surface area contributed by atoms with Crippen LogP contribution in [-0.4, -0.2) is 13.4 Å². The number of rotatable bonds is 5. The standard InChI is InChI=1S/C15H14F3NO2S/c1-20-12-4-3-9(16)15(18)8(12)7-21-13-6-11(19)10(17)5-14(13)22-2/h3-6H,7,19H2,1-2H3. The molecule has 0 aliphatic rings. The van der Waals surface area contributed by atoms with Crippen molar-refractivity contribution in [3.63, 3.8) is 0 Å². The Morgan fingerprint density at radius 1 is 1.09 bits per heavy atom. The minimum absolute atomic E-state index is 0.0579. The molecule has 0 amide bonds. The number of nitrogens with two attached hydrogens (primary N) is 1. The van der Waals surface area contributed by atoms with Crippen molar-refractivity contribution in [2.45, 2.75) is 11.5 Å². The van der Waals surface area contributed by atoms with Crippen LogP contribution < -0.4 is 15.2 Å². The first kappa shape index (κ1) is 16.4. The SMILES string of the molecule is COc1ccc(F)c(F)c1COc1cc(N)c(F)cc1SC. The van der Waals surface area contributed by atoms with Gasteiger partial charge in [-0.1, -0.05) is 0 Å². The summed E-state index contributed by atoms with van der Waals surface area (Å²) in [5.74, 6) is -2.15. The first-order valence-electron chi connectivity index (χ1n) is 6.24. The van der Waals surface area contributed by atoms with E-state index in [9.17, 15) is 13.2 Å². The van der Waals surface area contributed by atoms with Gasteiger partial charge in [-0.2, -0.15) is 0 Å². The van der Waals surface area contributed by atoms with E-state index in [-0.39, 0.29) is 29.4 Å². The van der Waals surface area contributed by atoms with Crippen LogP contribution in [0.25, 0.3) is 0 Å². The summed E-state index contributed by atoms with van der Waals surface area (Å²) in [5, 5.41) is 0. The Kier molecular flexibility index (Phi) is 5.07. The van der Waals surface area contributed by atoms with Gasteiger partial charge in [0.15, 0.2) is 11.6 Å². The summed E-state index contributed by atoms with van der Waals surface area (Å²) in [6, 6.07) is 4.83. The highest BCUT2D eigenvalue weighted by Crippen LogP contribution is 2.33. The number of benzene rings is 2. The summed E-state index contributed by atoms with van der Waals surface area (Å²) >= 11 is 1.25. The van der Waals surface area contributed by atoms with Crippen LogP contribution in [0.4, 0.5) is 18.9 Å². The second-order valence-electron chi connectivity index (χ2n) is 4.36. The van der Waals surface area contributed by atoms with Crippen molar-refractivity contribution in [1.29, 1.82) is 0 Å². The average Bonchev–Trinajstić information content (AvgIpc) is 2.51. The quantitative estimate of drug-likeness (QED) is 0.665. The molecule has 7 heteroatoms. The summed E-state index contributed by atoms with van der Waals surface area (Å²) in [6.07, 6.45) is 1.74. The molecule has 2 aromatic rings. The molecule has 0 aliphatic heterocycles. The van der Waals surface area contributed by atoms with Crippen LogP contribution in [-0.2, 0) is 6.61 Å². The zero-order valence-corrected chi connectivity index (χ0v) is 12.8. The summed E-state index contributed by atoms with van der Waals surface area (Å²) in [4.78, 5) is 0.502. The molecule has 2 aromatic carbocycles. The van der Waals surface area contributed by atoms with Gasteiger partial charge in [-0.05, 0) is 24.5 Å². The molecule has 2 N–H and O–H groups in total. The molecule has 118 valence electrons. The second-order valence-corrected chi connectivity index (χ2v) is 5.20. The number of thioether (sulfide) groups is 1. The van der Waals surface area contributed by atoms with Gasteiger partial charge in [0.2, 0.25) is 0 Å². The van der Waals surface area contributed by atoms with Crippen LogP contribution >= 0.6 is 11.8 Å². The number of ether oxygens (including phenoxy) is 2. The lowest BCUT2D eigenvalue weighted by molar-refractivity contribution is 0.280. The lowest BCUT2D eigenvalue weighted by Crippen LogP contribution is -2.05. The largest absolute Gasteiger partial charge is 0.496 e. The third-order valence-electron chi connectivity index (χ3n) is 3.03. The fourth-order valence-electron chi connectivity index (χ4n) is 1.87. The minimum atomic E-state index is -1.04. The number of hydrogen-bond donors (Lipinski definition) is 1. The van der Waals surface area contributed by atoms with Crippen molar-refractivity contribution in [2.75, 3.05) is 19.1 Å². The van der Waals surface area contributed by atoms with E-state index in [1.54, 1.807) is 6.26 Å². The number of nitrogen functional groups attached to an aromatic ring is 1. The normalized spacial score (nSPS) is 10.6. The third-order valence-corrected chi connectivity index (χ3v) is 3.79. The monoisotopic (exact) mass is 329 g/mol. The highest BCUT2D eigenvalue weighted by atomic mass is 32.2. The third kappa shape index (κ3) is 3.24. The summed E-state index contributed by atoms with van der Waals surface area (Å²) < 4.78 is 51.1. The highest BCUT2D eigenvalue weighted by Gasteiger charge is 2.16. The van der Waals surface area contributed by atoms with E-state index in [1.165, 1.54) is 37.1 Å². The molecule has 0 atom stereocenters. The van der Waals surface area contributed by atoms with Crippen molar-refractivity contribution in [3.8, 4) is 11.5 Å². The van der Waals surface area contributed by atoms with Crippen LogP contribution in [0, 0.1) is 17.5 Å². The van der Waals surface area contributed by atoms with E-state index in [0.29, 0.717) is 4.90 Å². The van der Waals surface area contributed by atoms with Crippen molar-refractivity contribution in [3.05, 3.63) is 47.3 Å². The van der Waals surface area contributed by atoms with E-state index in [1.807, 2.05) is 0 Å². The number of methoxy groups -OCH3 is 1. The zero-order valence-electron chi connectivity index (χ0n) is 12.0. The maximum Gasteiger partial charge on any atom is 0.169 e. The van der Waals surface area contributed by atoms with Gasteiger partial charge in [-0.25, -0.2) is 13.2 Å². The van der Waals surface area contributed by atoms with Crippen molar-refractivity contribution >= 4 is 17.4 Å². The van der Waals surface area contributed by atoms with Gasteiger partial charge < -0.3 is 15.2 Å². The van der Waals surface area contributed by atoms with Gasteiger partial charge in [0.25, 0.3) is 0 Å². The van der Waals surface area contributed by atoms with Crippen molar-refractivity contribution < 1.29 is 22.6 Å². The maximum atomic E-state index is 13.9. The van der Waals surface area contributed by atoms with Crippen LogP contribution in [0.3, 0.4) is 0 Å². The highest BCUT2D eigenvalue weighted by molar-refractivity contribution is 7.98. The van der Waals surface area contributed by atoms with E-state index >= 15 is 0 Å². The molecule has 0 saturated heterocycles. The van der Waals surface area contributed by atoms with E-state index in [2.05, 4.69) is 0 Å². The second kappa shape index (κ2) is 6.83. The smallest absolute Gasteiger partial charge is 0.169 e. The molecule has 0 saturated carbocycles. The molecular formula is C15H14F3NO2S. The maximum absolute atomic E-state index is 13.9. The lowest BCUT2D eigenvalue weighted by atomic mass is 10.2. The molecular weight excluding hydrogens is 315 g/mol. The Bertz CT molecular complexity index is 695. The molecule has 0 bridgehead atoms. The Labute approximate surface area is 130 Å². The van der Waals surface area contributed by atoms with Crippen LogP contribution in [0.2, 0.25) is 0 Å². The Balaban J connectivity index is 2.31. The topological polar surface area (TPSA) is 44.5 Å². The number of anilines is 1. The predicted octanol–water partition coefficient (Wildman–Crippen LogP) is 4.00. The molecule has 22 heavy (non-hydrogen) atoms. The summed E-state index contributed by atoms with van der Waals surface area (Å²) in [6.45, 7) is -0.272. The lowest BCUT2D eigenvalue weighted by Gasteiger charge is -2.14. The van der Waals surface area contributed by atoms with Gasteiger partial charge >= 0.3 is 0 Å².